The van der Waals surface area contributed by atoms with Gasteiger partial charge in [-0.25, -0.2) is 0 Å². The smallest absolute Gasteiger partial charge is 0.0544 e. The van der Waals surface area contributed by atoms with Gasteiger partial charge in [0.25, 0.3) is 0 Å². The van der Waals surface area contributed by atoms with Crippen LogP contribution in [0.1, 0.15) is 13.3 Å². The molecule has 0 spiro atoms. The minimum atomic E-state index is 0.167. The zero-order chi connectivity index (χ0) is 7.98. The molecule has 10 heavy (non-hydrogen) atoms. The highest BCUT2D eigenvalue weighted by Gasteiger charge is 1.95. The fraction of sp³-hybridized carbons (Fsp3) is 1.00. The van der Waals surface area contributed by atoms with E-state index in [0.29, 0.717) is 0 Å². The first-order valence-electron chi connectivity index (χ1n) is 3.80. The molecule has 0 saturated carbocycles. The molecule has 0 saturated heterocycles. The fourth-order valence-electron chi connectivity index (χ4n) is 0.618. The van der Waals surface area contributed by atoms with Gasteiger partial charge >= 0.3 is 0 Å². The molecule has 3 nitrogen and oxygen atoms in total. The van der Waals surface area contributed by atoms with Gasteiger partial charge in [0, 0.05) is 13.1 Å². The summed E-state index contributed by atoms with van der Waals surface area (Å²) in [6.07, 6.45) is 1.16. The lowest BCUT2D eigenvalue weighted by atomic mass is 10.4. The van der Waals surface area contributed by atoms with Crippen molar-refractivity contribution in [2.75, 3.05) is 27.2 Å². The number of hydrogen-bond donors (Lipinski definition) is 2. The largest absolute Gasteiger partial charge is 0.316 e. The fourth-order valence-corrected chi connectivity index (χ4v) is 0.618. The summed E-state index contributed by atoms with van der Waals surface area (Å²) in [4.78, 5) is 2.13. The first-order valence-corrected chi connectivity index (χ1v) is 3.80. The molecule has 1 atom stereocenters. The van der Waals surface area contributed by atoms with Crippen molar-refractivity contribution in [3.63, 3.8) is 0 Å². The quantitative estimate of drug-likeness (QED) is 0.528. The Kier molecular flexibility index (Phi) is 5.58. The van der Waals surface area contributed by atoms with Crippen molar-refractivity contribution in [1.82, 2.24) is 10.2 Å². The lowest BCUT2D eigenvalue weighted by Gasteiger charge is -2.13. The van der Waals surface area contributed by atoms with Crippen LogP contribution in [0.5, 0.6) is 0 Å². The van der Waals surface area contributed by atoms with Crippen LogP contribution in [-0.4, -0.2) is 38.3 Å². The molecule has 0 aromatic rings. The van der Waals surface area contributed by atoms with E-state index in [4.69, 9.17) is 5.73 Å². The molecule has 0 bridgehead atoms. The van der Waals surface area contributed by atoms with Crippen LogP contribution in [0.15, 0.2) is 0 Å². The number of nitrogens with one attached hydrogen (secondary N) is 1. The van der Waals surface area contributed by atoms with Crippen molar-refractivity contribution in [3.8, 4) is 0 Å². The van der Waals surface area contributed by atoms with Crippen molar-refractivity contribution in [1.29, 1.82) is 0 Å². The van der Waals surface area contributed by atoms with E-state index in [0.717, 1.165) is 19.5 Å². The van der Waals surface area contributed by atoms with Gasteiger partial charge in [-0.3, -0.25) is 0 Å². The second-order valence-corrected chi connectivity index (χ2v) is 2.77. The van der Waals surface area contributed by atoms with E-state index in [-0.39, 0.29) is 6.17 Å². The summed E-state index contributed by atoms with van der Waals surface area (Å²) in [5.41, 5.74) is 5.63. The average molecular weight is 145 g/mol. The Hall–Kier alpha value is -0.120. The maximum absolute atomic E-state index is 5.63. The van der Waals surface area contributed by atoms with Gasteiger partial charge in [-0.1, -0.05) is 6.92 Å². The zero-order valence-corrected chi connectivity index (χ0v) is 7.22. The van der Waals surface area contributed by atoms with E-state index in [1.54, 1.807) is 0 Å². The molecule has 0 radical (unpaired) electrons. The molecule has 0 aliphatic heterocycles. The molecule has 0 rings (SSSR count). The number of hydrogen-bond acceptors (Lipinski definition) is 3. The summed E-state index contributed by atoms with van der Waals surface area (Å²) < 4.78 is 0. The summed E-state index contributed by atoms with van der Waals surface area (Å²) in [6.45, 7) is 4.10. The number of nitrogens with zero attached hydrogens (tertiary/aromatic N) is 1. The van der Waals surface area contributed by atoms with Crippen molar-refractivity contribution in [3.05, 3.63) is 0 Å². The minimum Gasteiger partial charge on any atom is -0.316 e. The lowest BCUT2D eigenvalue weighted by Crippen LogP contribution is -2.40. The third-order valence-corrected chi connectivity index (χ3v) is 1.41. The van der Waals surface area contributed by atoms with Crippen molar-refractivity contribution in [2.24, 2.45) is 5.73 Å². The molecular formula is C7H19N3. The Morgan fingerprint density at radius 3 is 2.50 bits per heavy atom. The number of rotatable bonds is 5. The van der Waals surface area contributed by atoms with Crippen LogP contribution in [0.4, 0.5) is 0 Å². The summed E-state index contributed by atoms with van der Waals surface area (Å²) in [5.74, 6) is 0. The topological polar surface area (TPSA) is 41.3 Å². The third kappa shape index (κ3) is 6.01. The Balaban J connectivity index is 3.03. The average Bonchev–Trinajstić information content (AvgIpc) is 1.87. The molecule has 0 aromatic carbocycles. The number of nitrogens with two attached hydrogens (primary N) is 1. The maximum Gasteiger partial charge on any atom is 0.0544 e. The molecular weight excluding hydrogens is 126 g/mol. The van der Waals surface area contributed by atoms with Crippen molar-refractivity contribution in [2.45, 2.75) is 19.5 Å². The Morgan fingerprint density at radius 2 is 2.10 bits per heavy atom. The van der Waals surface area contributed by atoms with Crippen LogP contribution in [-0.2, 0) is 0 Å². The van der Waals surface area contributed by atoms with E-state index in [1.807, 2.05) is 0 Å². The molecule has 1 unspecified atom stereocenters. The third-order valence-electron chi connectivity index (χ3n) is 1.41. The second kappa shape index (κ2) is 5.65. The van der Waals surface area contributed by atoms with Crippen LogP contribution in [0.2, 0.25) is 0 Å². The van der Waals surface area contributed by atoms with E-state index >= 15 is 0 Å². The lowest BCUT2D eigenvalue weighted by molar-refractivity contribution is 0.382. The first-order chi connectivity index (χ1) is 4.66. The van der Waals surface area contributed by atoms with Gasteiger partial charge in [-0.15, -0.1) is 0 Å². The molecule has 0 aromatic heterocycles. The summed E-state index contributed by atoms with van der Waals surface area (Å²) in [5, 5.41) is 3.20. The normalized spacial score (nSPS) is 14.1. The zero-order valence-electron chi connectivity index (χ0n) is 7.22. The molecule has 3 N–H and O–H groups in total. The van der Waals surface area contributed by atoms with Crippen LogP contribution >= 0.6 is 0 Å². The molecule has 3 heteroatoms. The minimum absolute atomic E-state index is 0.167. The van der Waals surface area contributed by atoms with E-state index in [1.165, 1.54) is 0 Å². The molecule has 0 aliphatic carbocycles. The summed E-state index contributed by atoms with van der Waals surface area (Å²) >= 11 is 0. The highest BCUT2D eigenvalue weighted by molar-refractivity contribution is 4.56. The Bertz CT molecular complexity index is 73.3. The number of likely N-dealkylation sites (N-methyl/N-ethyl adjacent to an activating group) is 1. The summed E-state index contributed by atoms with van der Waals surface area (Å²) in [6, 6.07) is 0. The van der Waals surface area contributed by atoms with Gasteiger partial charge in [0.1, 0.15) is 0 Å². The molecule has 0 amide bonds. The Labute approximate surface area is 63.6 Å². The summed E-state index contributed by atoms with van der Waals surface area (Å²) in [7, 11) is 4.11. The monoisotopic (exact) mass is 145 g/mol. The predicted octanol–water partition coefficient (Wildman–Crippen LogP) is -0.168. The van der Waals surface area contributed by atoms with Gasteiger partial charge in [-0.05, 0) is 20.5 Å². The maximum atomic E-state index is 5.63. The van der Waals surface area contributed by atoms with Crippen LogP contribution in [0, 0.1) is 0 Å². The SMILES string of the molecule is CCC(N)NCCN(C)C. The van der Waals surface area contributed by atoms with Crippen molar-refractivity contribution >= 4 is 0 Å². The first kappa shape index (κ1) is 9.88. The predicted molar refractivity (Wildman–Crippen MR) is 44.8 cm³/mol. The van der Waals surface area contributed by atoms with Gasteiger partial charge < -0.3 is 16.0 Å². The molecule has 0 fully saturated rings. The van der Waals surface area contributed by atoms with E-state index in [9.17, 15) is 0 Å². The second-order valence-electron chi connectivity index (χ2n) is 2.77. The highest BCUT2D eigenvalue weighted by atomic mass is 15.1. The molecule has 0 heterocycles. The van der Waals surface area contributed by atoms with Crippen LogP contribution in [0.25, 0.3) is 0 Å². The highest BCUT2D eigenvalue weighted by Crippen LogP contribution is 1.79. The van der Waals surface area contributed by atoms with Gasteiger partial charge in [0.15, 0.2) is 0 Å². The standard InChI is InChI=1S/C7H19N3/c1-4-7(8)9-5-6-10(2)3/h7,9H,4-6,8H2,1-3H3. The molecule has 62 valence electrons. The Morgan fingerprint density at radius 1 is 1.50 bits per heavy atom. The van der Waals surface area contributed by atoms with E-state index in [2.05, 4.69) is 31.2 Å². The van der Waals surface area contributed by atoms with Gasteiger partial charge in [-0.2, -0.15) is 0 Å². The van der Waals surface area contributed by atoms with Gasteiger partial charge in [0.05, 0.1) is 6.17 Å². The van der Waals surface area contributed by atoms with Crippen LogP contribution < -0.4 is 11.1 Å². The van der Waals surface area contributed by atoms with Crippen LogP contribution in [0.3, 0.4) is 0 Å². The van der Waals surface area contributed by atoms with Gasteiger partial charge in [0.2, 0.25) is 0 Å². The van der Waals surface area contributed by atoms with Crippen molar-refractivity contribution < 1.29 is 0 Å². The molecule has 0 aliphatic rings. The van der Waals surface area contributed by atoms with E-state index < -0.39 is 0 Å².